The summed E-state index contributed by atoms with van der Waals surface area (Å²) in [6, 6.07) is 0. The minimum atomic E-state index is -2.00. The first kappa shape index (κ1) is 10.9. The second kappa shape index (κ2) is 10.1. The van der Waals surface area contributed by atoms with E-state index < -0.39 is 19.1 Å². The first-order valence-corrected chi connectivity index (χ1v) is 4.03. The van der Waals surface area contributed by atoms with Crippen LogP contribution < -0.4 is 0 Å². The van der Waals surface area contributed by atoms with Crippen molar-refractivity contribution in [1.82, 2.24) is 0 Å². The molecule has 0 aliphatic carbocycles. The van der Waals surface area contributed by atoms with Gasteiger partial charge in [0, 0.05) is 0 Å². The first-order valence-electron chi connectivity index (χ1n) is 1.85. The Morgan fingerprint density at radius 1 is 1.43 bits per heavy atom. The third-order valence-corrected chi connectivity index (χ3v) is 0. The fourth-order valence-corrected chi connectivity index (χ4v) is 0. The molecule has 0 aliphatic rings. The van der Waals surface area contributed by atoms with E-state index in [4.69, 9.17) is 6.65 Å². The molecule has 2 nitrogen and oxygen atoms in total. The van der Waals surface area contributed by atoms with Crippen molar-refractivity contribution in [1.29, 1.82) is 0 Å². The summed E-state index contributed by atoms with van der Waals surface area (Å²) < 4.78 is 17.8. The van der Waals surface area contributed by atoms with Gasteiger partial charge in [0.15, 0.2) is 0 Å². The Morgan fingerprint density at radius 3 is 1.43 bits per heavy atom. The minimum absolute atomic E-state index is 0.833. The summed E-state index contributed by atoms with van der Waals surface area (Å²) in [5, 5.41) is 0. The second-order valence-corrected chi connectivity index (χ2v) is 3.30. The molecule has 0 aromatic carbocycles. The Hall–Kier alpha value is 1.03. The van der Waals surface area contributed by atoms with E-state index in [1.807, 2.05) is 0 Å². The molecule has 0 spiro atoms. The number of rotatable bonds is 0. The van der Waals surface area contributed by atoms with Gasteiger partial charge >= 0.3 is 64.2 Å². The van der Waals surface area contributed by atoms with Crippen LogP contribution in [0.15, 0.2) is 0 Å². The topological polar surface area (TPSA) is 34.1 Å². The summed E-state index contributed by atoms with van der Waals surface area (Å²) in [7, 11) is 0. The predicted octanol–water partition coefficient (Wildman–Crippen LogP) is 1.12. The number of hydrogen-bond donors (Lipinski definition) is 0. The van der Waals surface area contributed by atoms with Crippen LogP contribution in [-0.4, -0.2) is 0 Å². The van der Waals surface area contributed by atoms with Crippen LogP contribution in [0.2, 0.25) is 4.22 Å². The van der Waals surface area contributed by atoms with Crippen LogP contribution in [-0.2, 0) is 46.2 Å². The fraction of sp³-hybridized carbons (Fsp3) is 1.00. The van der Waals surface area contributed by atoms with Gasteiger partial charge in [0.05, 0.1) is 0 Å². The summed E-state index contributed by atoms with van der Waals surface area (Å²) in [5.41, 5.74) is 0. The molecule has 0 unspecified atom stereocenters. The summed E-state index contributed by atoms with van der Waals surface area (Å²) in [6.07, 6.45) is 0. The standard InChI is InChI=1S/C3H7.2O.2Ti/c1-3-2;;;;/h3H,1-2H3;;;;. The summed E-state index contributed by atoms with van der Waals surface area (Å²) >= 11 is 0.167. The molecule has 0 fully saturated rings. The molecule has 0 amide bonds. The molecule has 7 heavy (non-hydrogen) atoms. The van der Waals surface area contributed by atoms with Crippen molar-refractivity contribution in [2.45, 2.75) is 18.1 Å². The van der Waals surface area contributed by atoms with Gasteiger partial charge in [0.2, 0.25) is 0 Å². The molecule has 0 bridgehead atoms. The quantitative estimate of drug-likeness (QED) is 0.511. The summed E-state index contributed by atoms with van der Waals surface area (Å²) in [6.45, 7) is 4.33. The van der Waals surface area contributed by atoms with E-state index >= 15 is 0 Å². The Bertz CT molecular complexity index is 53.2. The van der Waals surface area contributed by atoms with E-state index in [-0.39, 0.29) is 0 Å². The molecule has 0 aromatic heterocycles. The monoisotopic (exact) mass is 171 g/mol. The van der Waals surface area contributed by atoms with Crippen molar-refractivity contribution in [2.75, 3.05) is 0 Å². The van der Waals surface area contributed by atoms with Gasteiger partial charge in [0.1, 0.15) is 0 Å². The molecule has 0 saturated carbocycles. The van der Waals surface area contributed by atoms with E-state index in [1.165, 1.54) is 0 Å². The molecule has 0 heterocycles. The van der Waals surface area contributed by atoms with Gasteiger partial charge in [-0.15, -0.1) is 0 Å². The molecule has 0 aliphatic heterocycles. The van der Waals surface area contributed by atoms with Gasteiger partial charge in [0.25, 0.3) is 0 Å². The van der Waals surface area contributed by atoms with Gasteiger partial charge in [-0.2, -0.15) is 0 Å². The van der Waals surface area contributed by atoms with Crippen molar-refractivity contribution in [3.05, 3.63) is 0 Å². The normalized spacial score (nSPS) is 6.00. The SMILES string of the molecule is C[CH](C)[Ti].[O]=[Ti]=[O]. The molecule has 0 radical (unpaired) electrons. The molecule has 0 atom stereocenters. The summed E-state index contributed by atoms with van der Waals surface area (Å²) in [4.78, 5) is 0. The fourth-order valence-electron chi connectivity index (χ4n) is 0. The van der Waals surface area contributed by atoms with E-state index in [9.17, 15) is 0 Å². The Kier molecular flexibility index (Phi) is 15.7. The van der Waals surface area contributed by atoms with Crippen LogP contribution in [0.3, 0.4) is 0 Å². The zero-order chi connectivity index (χ0) is 6.28. The molecule has 4 heteroatoms. The van der Waals surface area contributed by atoms with E-state index in [0.29, 0.717) is 0 Å². The maximum absolute atomic E-state index is 8.50. The van der Waals surface area contributed by atoms with Gasteiger partial charge in [-0.05, 0) is 0 Å². The second-order valence-electron chi connectivity index (χ2n) is 1.24. The Balaban J connectivity index is 0. The molecule has 0 rings (SSSR count). The molecule has 0 N–H and O–H groups in total. The zero-order valence-corrected chi connectivity index (χ0v) is 7.52. The molecule has 0 aromatic rings. The third-order valence-electron chi connectivity index (χ3n) is 0. The van der Waals surface area contributed by atoms with Crippen molar-refractivity contribution < 1.29 is 46.2 Å². The molecule has 0 saturated heterocycles. The van der Waals surface area contributed by atoms with Gasteiger partial charge in [-0.3, -0.25) is 0 Å². The van der Waals surface area contributed by atoms with Gasteiger partial charge in [-0.25, -0.2) is 0 Å². The van der Waals surface area contributed by atoms with Crippen molar-refractivity contribution >= 4 is 0 Å². The molecular weight excluding hydrogens is 164 g/mol. The first-order chi connectivity index (χ1) is 3.15. The Labute approximate surface area is 64.0 Å². The average molecular weight is 171 g/mol. The van der Waals surface area contributed by atoms with Gasteiger partial charge in [-0.1, -0.05) is 0 Å². The van der Waals surface area contributed by atoms with Gasteiger partial charge < -0.3 is 0 Å². The van der Waals surface area contributed by atoms with E-state index in [1.54, 1.807) is 0 Å². The molecular formula is C3H7O2Ti2. The van der Waals surface area contributed by atoms with E-state index in [0.717, 1.165) is 4.22 Å². The van der Waals surface area contributed by atoms with Crippen LogP contribution in [0, 0.1) is 0 Å². The van der Waals surface area contributed by atoms with Crippen LogP contribution in [0.25, 0.3) is 0 Å². The molecule has 39 valence electrons. The van der Waals surface area contributed by atoms with Crippen LogP contribution >= 0.6 is 0 Å². The Morgan fingerprint density at radius 2 is 1.43 bits per heavy atom. The van der Waals surface area contributed by atoms with Crippen LogP contribution in [0.4, 0.5) is 0 Å². The third kappa shape index (κ3) is 168. The average Bonchev–Trinajstić information content (AvgIpc) is 1.33. The number of hydrogen-bond acceptors (Lipinski definition) is 2. The van der Waals surface area contributed by atoms with Crippen molar-refractivity contribution in [2.24, 2.45) is 0 Å². The van der Waals surface area contributed by atoms with Crippen molar-refractivity contribution in [3.8, 4) is 0 Å². The predicted molar refractivity (Wildman–Crippen MR) is 16.5 cm³/mol. The van der Waals surface area contributed by atoms with Crippen LogP contribution in [0.5, 0.6) is 0 Å². The maximum atomic E-state index is 8.50. The van der Waals surface area contributed by atoms with Crippen molar-refractivity contribution in [3.63, 3.8) is 0 Å². The van der Waals surface area contributed by atoms with Crippen LogP contribution in [0.1, 0.15) is 13.8 Å². The summed E-state index contributed by atoms with van der Waals surface area (Å²) in [5.74, 6) is 0. The van der Waals surface area contributed by atoms with E-state index in [2.05, 4.69) is 34.3 Å². The zero-order valence-electron chi connectivity index (χ0n) is 4.39.